The lowest BCUT2D eigenvalue weighted by molar-refractivity contribution is -0.149. The van der Waals surface area contributed by atoms with E-state index < -0.39 is 56.6 Å². The molecule has 1 aromatic carbocycles. The fourth-order valence-electron chi connectivity index (χ4n) is 4.34. The van der Waals surface area contributed by atoms with E-state index in [1.807, 2.05) is 6.92 Å². The van der Waals surface area contributed by atoms with E-state index in [4.69, 9.17) is 18.5 Å². The van der Waals surface area contributed by atoms with Crippen molar-refractivity contribution in [3.63, 3.8) is 0 Å². The zero-order valence-corrected chi connectivity index (χ0v) is 24.7. The summed E-state index contributed by atoms with van der Waals surface area (Å²) in [5.41, 5.74) is -1.59. The molecule has 1 saturated heterocycles. The number of halogens is 1. The van der Waals surface area contributed by atoms with Crippen LogP contribution in [0.4, 0.5) is 10.2 Å². The van der Waals surface area contributed by atoms with Crippen molar-refractivity contribution in [3.8, 4) is 5.75 Å². The molecule has 0 saturated carbocycles. The third kappa shape index (κ3) is 6.84. The van der Waals surface area contributed by atoms with Crippen molar-refractivity contribution in [1.29, 1.82) is 0 Å². The van der Waals surface area contributed by atoms with Crippen LogP contribution in [0.2, 0.25) is 0 Å². The van der Waals surface area contributed by atoms with E-state index in [1.165, 1.54) is 24.7 Å². The minimum atomic E-state index is -4.27. The molecule has 3 aromatic rings. The number of aromatic nitrogens is 4. The summed E-state index contributed by atoms with van der Waals surface area (Å²) in [6, 6.07) is 7.11. The number of aliphatic hydroxyl groups is 1. The van der Waals surface area contributed by atoms with Gasteiger partial charge in [0.2, 0.25) is 0 Å². The highest BCUT2D eigenvalue weighted by molar-refractivity contribution is 7.52. The molecule has 0 bridgehead atoms. The largest absolute Gasteiger partial charge is 0.462 e. The maximum absolute atomic E-state index is 16.0. The number of rotatable bonds is 12. The van der Waals surface area contributed by atoms with Gasteiger partial charge < -0.3 is 24.4 Å². The van der Waals surface area contributed by atoms with E-state index in [9.17, 15) is 14.5 Å². The summed E-state index contributed by atoms with van der Waals surface area (Å²) >= 11 is 0. The lowest BCUT2D eigenvalue weighted by atomic mass is 9.98. The number of fused-ring (bicyclic) bond motifs is 1. The van der Waals surface area contributed by atoms with Gasteiger partial charge in [-0.05, 0) is 53.7 Å². The molecule has 13 nitrogen and oxygen atoms in total. The van der Waals surface area contributed by atoms with Crippen LogP contribution in [0.25, 0.3) is 11.2 Å². The number of hydrogen-bond donors (Lipinski definition) is 3. The first-order valence-electron chi connectivity index (χ1n) is 13.3. The van der Waals surface area contributed by atoms with E-state index in [1.54, 1.807) is 51.1 Å². The van der Waals surface area contributed by atoms with Crippen molar-refractivity contribution in [2.45, 2.75) is 77.8 Å². The summed E-state index contributed by atoms with van der Waals surface area (Å²) in [5.74, 6) is 0.452. The second-order valence-electron chi connectivity index (χ2n) is 10.1. The van der Waals surface area contributed by atoms with Crippen molar-refractivity contribution < 1.29 is 37.4 Å². The van der Waals surface area contributed by atoms with Crippen molar-refractivity contribution in [2.24, 2.45) is 0 Å². The van der Waals surface area contributed by atoms with Crippen LogP contribution in [0.5, 0.6) is 5.75 Å². The number of aryl methyl sites for hydroxylation is 1. The molecular weight excluding hydrogens is 558 g/mol. The Bertz CT molecular complexity index is 1410. The molecule has 4 rings (SSSR count). The molecule has 1 fully saturated rings. The third-order valence-corrected chi connectivity index (χ3v) is 7.93. The molecule has 6 atom stereocenters. The number of carbonyl (C=O) groups excluding carboxylic acids is 1. The van der Waals surface area contributed by atoms with Crippen LogP contribution < -0.4 is 14.9 Å². The number of imidazole rings is 1. The minimum absolute atomic E-state index is 0.199. The molecule has 3 heterocycles. The number of nitrogens with one attached hydrogen (secondary N) is 2. The van der Waals surface area contributed by atoms with Gasteiger partial charge in [-0.2, -0.15) is 5.09 Å². The summed E-state index contributed by atoms with van der Waals surface area (Å²) in [6.07, 6.45) is -3.33. The molecule has 2 aromatic heterocycles. The fourth-order valence-corrected chi connectivity index (χ4v) is 5.85. The van der Waals surface area contributed by atoms with Gasteiger partial charge in [-0.1, -0.05) is 18.2 Å². The zero-order chi connectivity index (χ0) is 29.9. The molecule has 41 heavy (non-hydrogen) atoms. The Labute approximate surface area is 237 Å². The summed E-state index contributed by atoms with van der Waals surface area (Å²) in [5, 5.41) is 16.6. The van der Waals surface area contributed by atoms with E-state index in [0.29, 0.717) is 29.4 Å². The van der Waals surface area contributed by atoms with Crippen LogP contribution in [-0.2, 0) is 23.4 Å². The standard InChI is InChI=1S/C26H36FN6O7P/c1-7-28-22-20-23(31-17(5)30-22)33(14-29-20)25-26(6,27)21(34)19(39-25)13-37-41(36,40-18-11-9-8-10-12-18)32-16(4)24(35)38-15(2)3/h8-12,14-16,19,21,25,34H,7,13H2,1-6H3,(H,32,36)(H,28,30,31)/t16-,19-,21-,25-,26-,41+/m1/s1. The Kier molecular flexibility index (Phi) is 9.29. The van der Waals surface area contributed by atoms with Gasteiger partial charge in [0.05, 0.1) is 19.0 Å². The Morgan fingerprint density at radius 1 is 1.27 bits per heavy atom. The molecule has 0 spiro atoms. The molecule has 224 valence electrons. The number of anilines is 1. The summed E-state index contributed by atoms with van der Waals surface area (Å²) in [7, 11) is -4.27. The van der Waals surface area contributed by atoms with Gasteiger partial charge in [0.15, 0.2) is 28.9 Å². The Morgan fingerprint density at radius 2 is 1.98 bits per heavy atom. The highest BCUT2D eigenvalue weighted by Crippen LogP contribution is 2.48. The van der Waals surface area contributed by atoms with Gasteiger partial charge in [0, 0.05) is 6.54 Å². The van der Waals surface area contributed by atoms with Crippen LogP contribution in [-0.4, -0.2) is 73.8 Å². The maximum Gasteiger partial charge on any atom is 0.459 e. The molecule has 0 amide bonds. The van der Waals surface area contributed by atoms with Gasteiger partial charge in [0.1, 0.15) is 29.8 Å². The van der Waals surface area contributed by atoms with Gasteiger partial charge >= 0.3 is 13.7 Å². The van der Waals surface area contributed by atoms with Crippen LogP contribution in [0.15, 0.2) is 36.7 Å². The molecule has 15 heteroatoms. The van der Waals surface area contributed by atoms with Crippen molar-refractivity contribution in [1.82, 2.24) is 24.6 Å². The number of alkyl halides is 1. The van der Waals surface area contributed by atoms with Gasteiger partial charge in [-0.3, -0.25) is 13.9 Å². The molecule has 1 aliphatic heterocycles. The quantitative estimate of drug-likeness (QED) is 0.207. The number of esters is 1. The molecule has 0 unspecified atom stereocenters. The normalized spacial score (nSPS) is 24.8. The number of benzene rings is 1. The minimum Gasteiger partial charge on any atom is -0.462 e. The van der Waals surface area contributed by atoms with Crippen molar-refractivity contribution in [2.75, 3.05) is 18.5 Å². The second kappa shape index (κ2) is 12.4. The first-order valence-corrected chi connectivity index (χ1v) is 14.8. The lowest BCUT2D eigenvalue weighted by Gasteiger charge is -2.25. The predicted octanol–water partition coefficient (Wildman–Crippen LogP) is 3.69. The SMILES string of the molecule is CCNc1nc(C)nc2c1ncn2[C@@H]1O[C@H](CO[P@@](=O)(N[C@H](C)C(=O)OC(C)C)Oc2ccccc2)[C@@H](O)[C@@]1(C)F. The topological polar surface area (TPSA) is 159 Å². The molecule has 0 radical (unpaired) electrons. The van der Waals surface area contributed by atoms with Crippen LogP contribution in [0.1, 0.15) is 46.7 Å². The lowest BCUT2D eigenvalue weighted by Crippen LogP contribution is -2.41. The van der Waals surface area contributed by atoms with Crippen molar-refractivity contribution in [3.05, 3.63) is 42.5 Å². The smallest absolute Gasteiger partial charge is 0.459 e. The van der Waals surface area contributed by atoms with Crippen molar-refractivity contribution >= 4 is 30.7 Å². The maximum atomic E-state index is 16.0. The number of para-hydroxylation sites is 1. The first kappa shape index (κ1) is 30.8. The highest BCUT2D eigenvalue weighted by atomic mass is 31.2. The molecule has 3 N–H and O–H groups in total. The number of nitrogens with zero attached hydrogens (tertiary/aromatic N) is 4. The van der Waals surface area contributed by atoms with Gasteiger partial charge in [-0.15, -0.1) is 0 Å². The van der Waals surface area contributed by atoms with Crippen LogP contribution >= 0.6 is 7.75 Å². The van der Waals surface area contributed by atoms with E-state index in [-0.39, 0.29) is 5.75 Å². The molecule has 1 aliphatic rings. The molecule has 0 aliphatic carbocycles. The van der Waals surface area contributed by atoms with E-state index in [2.05, 4.69) is 25.4 Å². The number of aliphatic hydroxyl groups excluding tert-OH is 1. The van der Waals surface area contributed by atoms with Gasteiger partial charge in [-0.25, -0.2) is 23.9 Å². The fraction of sp³-hybridized carbons (Fsp3) is 0.538. The highest BCUT2D eigenvalue weighted by Gasteiger charge is 2.56. The monoisotopic (exact) mass is 594 g/mol. The zero-order valence-electron chi connectivity index (χ0n) is 23.8. The first-order chi connectivity index (χ1) is 19.3. The average Bonchev–Trinajstić information content (AvgIpc) is 3.41. The predicted molar refractivity (Wildman–Crippen MR) is 148 cm³/mol. The Morgan fingerprint density at radius 3 is 2.63 bits per heavy atom. The third-order valence-electron chi connectivity index (χ3n) is 6.28. The van der Waals surface area contributed by atoms with E-state index in [0.717, 1.165) is 0 Å². The second-order valence-corrected chi connectivity index (χ2v) is 11.8. The molecular formula is C26H36FN6O7P. The number of ether oxygens (including phenoxy) is 2. The van der Waals surface area contributed by atoms with Crippen LogP contribution in [0, 0.1) is 6.92 Å². The summed E-state index contributed by atoms with van der Waals surface area (Å²) in [6.45, 7) is 9.65. The number of carbonyl (C=O) groups is 1. The number of hydrogen-bond acceptors (Lipinski definition) is 11. The van der Waals surface area contributed by atoms with Gasteiger partial charge in [0.25, 0.3) is 0 Å². The van der Waals surface area contributed by atoms with E-state index >= 15 is 4.39 Å². The summed E-state index contributed by atoms with van der Waals surface area (Å²) < 4.78 is 53.6. The summed E-state index contributed by atoms with van der Waals surface area (Å²) in [4.78, 5) is 25.5. The van der Waals surface area contributed by atoms with Crippen LogP contribution in [0.3, 0.4) is 0 Å². The average molecular weight is 595 g/mol. The Balaban J connectivity index is 1.56. The Hall–Kier alpha value is -3.16.